The lowest BCUT2D eigenvalue weighted by atomic mass is 9.84. The van der Waals surface area contributed by atoms with Gasteiger partial charge in [0.15, 0.2) is 5.96 Å². The minimum atomic E-state index is 0.0221. The Hall–Kier alpha value is -1.79. The van der Waals surface area contributed by atoms with Gasteiger partial charge in [-0.2, -0.15) is 0 Å². The van der Waals surface area contributed by atoms with Crippen molar-refractivity contribution in [1.82, 2.24) is 10.6 Å². The Morgan fingerprint density at radius 3 is 2.73 bits per heavy atom. The van der Waals surface area contributed by atoms with Crippen LogP contribution in [-0.2, 0) is 4.74 Å². The normalized spacial score (nSPS) is 20.2. The van der Waals surface area contributed by atoms with Crippen LogP contribution < -0.4 is 15.4 Å². The summed E-state index contributed by atoms with van der Waals surface area (Å²) in [6.07, 6.45) is 3.73. The highest BCUT2D eigenvalue weighted by molar-refractivity contribution is 5.79. The molecule has 3 N–H and O–H groups in total. The van der Waals surface area contributed by atoms with Crippen LogP contribution in [0.1, 0.15) is 31.2 Å². The molecule has 26 heavy (non-hydrogen) atoms. The third-order valence-corrected chi connectivity index (χ3v) is 4.83. The van der Waals surface area contributed by atoms with Gasteiger partial charge < -0.3 is 25.2 Å². The lowest BCUT2D eigenvalue weighted by molar-refractivity contribution is 0.127. The summed E-state index contributed by atoms with van der Waals surface area (Å²) >= 11 is 0. The molecule has 6 nitrogen and oxygen atoms in total. The lowest BCUT2D eigenvalue weighted by Crippen LogP contribution is -2.44. The van der Waals surface area contributed by atoms with Gasteiger partial charge in [-0.15, -0.1) is 0 Å². The molecular weight excluding hydrogens is 330 g/mol. The number of aliphatic imine (C=N–C) groups is 1. The molecule has 1 unspecified atom stereocenters. The van der Waals surface area contributed by atoms with Gasteiger partial charge in [0.05, 0.1) is 13.2 Å². The molecule has 1 aliphatic heterocycles. The second-order valence-electron chi connectivity index (χ2n) is 7.00. The lowest BCUT2D eigenvalue weighted by Gasteiger charge is -2.27. The number of ether oxygens (including phenoxy) is 2. The highest BCUT2D eigenvalue weighted by atomic mass is 16.5. The molecule has 0 aliphatic carbocycles. The smallest absolute Gasteiger partial charge is 0.190 e. The number of hydrogen-bond acceptors (Lipinski definition) is 4. The number of aliphatic hydroxyl groups is 1. The molecule has 1 fully saturated rings. The van der Waals surface area contributed by atoms with Crippen LogP contribution in [0, 0.1) is 12.3 Å². The number of guanidine groups is 1. The van der Waals surface area contributed by atoms with Crippen molar-refractivity contribution in [1.29, 1.82) is 0 Å². The maximum absolute atomic E-state index is 9.29. The molecule has 1 atom stereocenters. The number of nitrogens with zero attached hydrogens (tertiary/aromatic N) is 1. The Morgan fingerprint density at radius 1 is 1.27 bits per heavy atom. The zero-order valence-electron chi connectivity index (χ0n) is 16.1. The monoisotopic (exact) mass is 363 g/mol. The van der Waals surface area contributed by atoms with Crippen LogP contribution in [0.5, 0.6) is 5.75 Å². The minimum absolute atomic E-state index is 0.0221. The molecule has 2 rings (SSSR count). The van der Waals surface area contributed by atoms with Crippen molar-refractivity contribution in [2.45, 2.75) is 32.6 Å². The van der Waals surface area contributed by atoms with E-state index in [0.29, 0.717) is 13.2 Å². The molecule has 0 saturated carbocycles. The van der Waals surface area contributed by atoms with E-state index < -0.39 is 0 Å². The van der Waals surface area contributed by atoms with Crippen LogP contribution in [0.3, 0.4) is 0 Å². The van der Waals surface area contributed by atoms with Crippen molar-refractivity contribution in [3.05, 3.63) is 29.8 Å². The molecule has 1 aromatic carbocycles. The molecule has 1 aliphatic rings. The number of aryl methyl sites for hydroxylation is 1. The van der Waals surface area contributed by atoms with Gasteiger partial charge in [-0.25, -0.2) is 0 Å². The standard InChI is InChI=1S/C20H33N3O3/c1-17-5-7-18(8-6-17)26-13-4-3-11-22-19(21-2)23-15-20(9-12-24)10-14-25-16-20/h5-8,24H,3-4,9-16H2,1-2H3,(H2,21,22,23). The maximum Gasteiger partial charge on any atom is 0.190 e. The van der Waals surface area contributed by atoms with Gasteiger partial charge in [0.25, 0.3) is 0 Å². The van der Waals surface area contributed by atoms with E-state index in [1.165, 1.54) is 5.56 Å². The van der Waals surface area contributed by atoms with Crippen LogP contribution in [0.15, 0.2) is 29.3 Å². The van der Waals surface area contributed by atoms with Crippen molar-refractivity contribution in [2.24, 2.45) is 10.4 Å². The van der Waals surface area contributed by atoms with Gasteiger partial charge in [-0.05, 0) is 44.7 Å². The zero-order chi connectivity index (χ0) is 18.7. The molecular formula is C20H33N3O3. The predicted octanol–water partition coefficient (Wildman–Crippen LogP) is 2.11. The fraction of sp³-hybridized carbons (Fsp3) is 0.650. The summed E-state index contributed by atoms with van der Waals surface area (Å²) in [6, 6.07) is 8.14. The molecule has 0 amide bonds. The Labute approximate surface area is 157 Å². The Kier molecular flexibility index (Phi) is 8.71. The van der Waals surface area contributed by atoms with Crippen molar-refractivity contribution in [3.8, 4) is 5.75 Å². The van der Waals surface area contributed by atoms with Crippen LogP contribution in [0.4, 0.5) is 0 Å². The molecule has 1 aromatic rings. The first kappa shape index (κ1) is 20.5. The molecule has 146 valence electrons. The van der Waals surface area contributed by atoms with E-state index in [9.17, 15) is 5.11 Å². The summed E-state index contributed by atoms with van der Waals surface area (Å²) in [6.45, 7) is 6.07. The third kappa shape index (κ3) is 6.84. The first-order valence-electron chi connectivity index (χ1n) is 9.50. The summed E-state index contributed by atoms with van der Waals surface area (Å²) in [5, 5.41) is 16.0. The number of nitrogens with one attached hydrogen (secondary N) is 2. The summed E-state index contributed by atoms with van der Waals surface area (Å²) in [4.78, 5) is 4.27. The largest absolute Gasteiger partial charge is 0.494 e. The molecule has 1 heterocycles. The number of hydrogen-bond donors (Lipinski definition) is 3. The Bertz CT molecular complexity index is 540. The molecule has 0 spiro atoms. The number of rotatable bonds is 10. The molecule has 0 aromatic heterocycles. The van der Waals surface area contributed by atoms with E-state index in [1.807, 2.05) is 12.1 Å². The second-order valence-corrected chi connectivity index (χ2v) is 7.00. The average molecular weight is 364 g/mol. The van der Waals surface area contributed by atoms with E-state index in [0.717, 1.165) is 57.1 Å². The minimum Gasteiger partial charge on any atom is -0.494 e. The highest BCUT2D eigenvalue weighted by Gasteiger charge is 2.34. The first-order chi connectivity index (χ1) is 12.7. The highest BCUT2D eigenvalue weighted by Crippen LogP contribution is 2.31. The van der Waals surface area contributed by atoms with E-state index in [1.54, 1.807) is 7.05 Å². The molecule has 6 heteroatoms. The van der Waals surface area contributed by atoms with E-state index >= 15 is 0 Å². The molecule has 0 bridgehead atoms. The van der Waals surface area contributed by atoms with Gasteiger partial charge in [0.1, 0.15) is 5.75 Å². The van der Waals surface area contributed by atoms with Crippen molar-refractivity contribution < 1.29 is 14.6 Å². The topological polar surface area (TPSA) is 75.1 Å². The number of aliphatic hydroxyl groups excluding tert-OH is 1. The van der Waals surface area contributed by atoms with Gasteiger partial charge >= 0.3 is 0 Å². The quantitative estimate of drug-likeness (QED) is 0.337. The number of unbranched alkanes of at least 4 members (excludes halogenated alkanes) is 1. The fourth-order valence-corrected chi connectivity index (χ4v) is 3.06. The predicted molar refractivity (Wildman–Crippen MR) is 105 cm³/mol. The summed E-state index contributed by atoms with van der Waals surface area (Å²) in [5.41, 5.74) is 1.26. The van der Waals surface area contributed by atoms with Crippen LogP contribution >= 0.6 is 0 Å². The van der Waals surface area contributed by atoms with E-state index in [2.05, 4.69) is 34.7 Å². The zero-order valence-corrected chi connectivity index (χ0v) is 16.1. The van der Waals surface area contributed by atoms with Gasteiger partial charge in [-0.1, -0.05) is 17.7 Å². The van der Waals surface area contributed by atoms with Crippen LogP contribution in [-0.4, -0.2) is 57.6 Å². The van der Waals surface area contributed by atoms with E-state index in [4.69, 9.17) is 9.47 Å². The van der Waals surface area contributed by atoms with Crippen LogP contribution in [0.25, 0.3) is 0 Å². The fourth-order valence-electron chi connectivity index (χ4n) is 3.06. The van der Waals surface area contributed by atoms with Crippen molar-refractivity contribution in [3.63, 3.8) is 0 Å². The van der Waals surface area contributed by atoms with Gasteiger partial charge in [0.2, 0.25) is 0 Å². The summed E-state index contributed by atoms with van der Waals surface area (Å²) in [5.74, 6) is 1.72. The molecule has 0 radical (unpaired) electrons. The maximum atomic E-state index is 9.29. The van der Waals surface area contributed by atoms with Gasteiger partial charge in [0, 0.05) is 38.8 Å². The second kappa shape index (κ2) is 11.0. The average Bonchev–Trinajstić information content (AvgIpc) is 3.11. The summed E-state index contributed by atoms with van der Waals surface area (Å²) < 4.78 is 11.3. The number of benzene rings is 1. The van der Waals surface area contributed by atoms with Crippen LogP contribution in [0.2, 0.25) is 0 Å². The summed E-state index contributed by atoms with van der Waals surface area (Å²) in [7, 11) is 1.78. The Balaban J connectivity index is 1.59. The van der Waals surface area contributed by atoms with Crippen molar-refractivity contribution >= 4 is 5.96 Å². The SMILES string of the molecule is CN=C(NCCCCOc1ccc(C)cc1)NCC1(CCO)CCOC1. The first-order valence-corrected chi connectivity index (χ1v) is 9.50. The van der Waals surface area contributed by atoms with Gasteiger partial charge in [-0.3, -0.25) is 4.99 Å². The third-order valence-electron chi connectivity index (χ3n) is 4.83. The van der Waals surface area contributed by atoms with E-state index in [-0.39, 0.29) is 12.0 Å². The molecule has 1 saturated heterocycles. The Morgan fingerprint density at radius 2 is 2.08 bits per heavy atom. The van der Waals surface area contributed by atoms with Crippen molar-refractivity contribution in [2.75, 3.05) is 46.6 Å².